The maximum absolute atomic E-state index is 14.6. The van der Waals surface area contributed by atoms with E-state index in [0.29, 0.717) is 77.0 Å². The molecular formula is C60H86O21. The van der Waals surface area contributed by atoms with Gasteiger partial charge >= 0.3 is 5.97 Å². The molecule has 3 spiro atoms. The molecule has 81 heavy (non-hydrogen) atoms. The summed E-state index contributed by atoms with van der Waals surface area (Å²) < 4.78 is 102. The lowest BCUT2D eigenvalue weighted by Crippen LogP contribution is -2.63. The van der Waals surface area contributed by atoms with Crippen LogP contribution < -0.4 is 0 Å². The molecule has 0 aromatic heterocycles. The molecule has 33 atom stereocenters. The van der Waals surface area contributed by atoms with E-state index in [2.05, 4.69) is 40.9 Å². The Hall–Kier alpha value is -1.81. The number of hydrogen-bond donors (Lipinski definition) is 5. The topological polar surface area (TPSA) is 257 Å². The number of rotatable bonds is 4. The molecule has 0 radical (unpaired) electrons. The highest BCUT2D eigenvalue weighted by Gasteiger charge is 2.79. The van der Waals surface area contributed by atoms with Gasteiger partial charge in [-0.1, -0.05) is 40.9 Å². The Morgan fingerprint density at radius 3 is 2.10 bits per heavy atom. The third-order valence-corrected chi connectivity index (χ3v) is 22.2. The number of esters is 1. The molecule has 0 aliphatic carbocycles. The lowest BCUT2D eigenvalue weighted by atomic mass is 9.79. The summed E-state index contributed by atoms with van der Waals surface area (Å²) in [5.74, 6) is -5.84. The molecule has 0 aromatic carbocycles. The van der Waals surface area contributed by atoms with Crippen LogP contribution in [0, 0.1) is 23.7 Å². The third kappa shape index (κ3) is 9.28. The molecule has 16 aliphatic rings. The second kappa shape index (κ2) is 20.4. The van der Waals surface area contributed by atoms with Crippen LogP contribution in [0.15, 0.2) is 24.3 Å². The van der Waals surface area contributed by atoms with Gasteiger partial charge in [0.1, 0.15) is 36.6 Å². The Balaban J connectivity index is 0.660. The Bertz CT molecular complexity index is 2430. The molecule has 16 aliphatic heterocycles. The standard InChI is InChI=1S/C60H86O21/c1-25-13-32-7-9-36-26(2)14-34(67-36)11-12-59-56(65)60(66)55(81-59)54-53(80-60)52(79-59)51-37(71-54)10-8-33(69-51)16-46(64)74-50-30(6)49-42(70-41(50)17-38(68-32)29(25)5)19-40-44(73-49)22-58(75-40)23-45-48(78-58)28(4)21-57(77-45)20-27(3)47-43(76-57)18-39(72-47)35(63)15-31(62)24-61/h25,27-28,30-45,47-56,61-63,65-66H,2,5,7-24H2,1,3-4,6H3/t25-,27+,28+,30+,31-,32+,33-,34+,35+,36+,37+,38-,39+,40-,41+,42+,43+,44-,45+,47+,48+,49+,50-,51+,52+,53+,54-,55?,56+,57-,58+,59-,60?/m1/s1. The summed E-state index contributed by atoms with van der Waals surface area (Å²) in [6, 6.07) is 0. The highest BCUT2D eigenvalue weighted by atomic mass is 16.8. The predicted octanol–water partition coefficient (Wildman–Crippen LogP) is 3.22. The van der Waals surface area contributed by atoms with Crippen molar-refractivity contribution in [3.05, 3.63) is 24.3 Å². The molecule has 16 heterocycles. The molecule has 16 rings (SSSR count). The Morgan fingerprint density at radius 2 is 1.27 bits per heavy atom. The van der Waals surface area contributed by atoms with E-state index in [1.54, 1.807) is 0 Å². The van der Waals surface area contributed by atoms with E-state index in [4.69, 9.17) is 71.1 Å². The summed E-state index contributed by atoms with van der Waals surface area (Å²) in [5.41, 5.74) is 1.99. The van der Waals surface area contributed by atoms with Crippen molar-refractivity contribution in [1.29, 1.82) is 0 Å². The summed E-state index contributed by atoms with van der Waals surface area (Å²) in [7, 11) is 0. The molecule has 16 fully saturated rings. The summed E-state index contributed by atoms with van der Waals surface area (Å²) >= 11 is 0. The Labute approximate surface area is 473 Å². The second-order valence-corrected chi connectivity index (χ2v) is 27.8. The fourth-order valence-electron chi connectivity index (χ4n) is 18.2. The van der Waals surface area contributed by atoms with E-state index in [0.717, 1.165) is 24.0 Å². The summed E-state index contributed by atoms with van der Waals surface area (Å²) in [4.78, 5) is 14.6. The zero-order chi connectivity index (χ0) is 55.8. The van der Waals surface area contributed by atoms with Gasteiger partial charge in [-0.25, -0.2) is 0 Å². The largest absolute Gasteiger partial charge is 0.459 e. The Morgan fingerprint density at radius 1 is 0.568 bits per heavy atom. The van der Waals surface area contributed by atoms with Crippen LogP contribution in [0.4, 0.5) is 0 Å². The fourth-order valence-corrected chi connectivity index (χ4v) is 18.2. The summed E-state index contributed by atoms with van der Waals surface area (Å²) in [6.07, 6.45) is -5.06. The summed E-state index contributed by atoms with van der Waals surface area (Å²) in [6.45, 7) is 17.2. The number of fused-ring (bicyclic) bond motifs is 10. The number of aliphatic hydroxyl groups excluding tert-OH is 4. The molecule has 2 unspecified atom stereocenters. The number of carbonyl (C=O) groups is 1. The monoisotopic (exact) mass is 1140 g/mol. The average Bonchev–Trinajstić information content (AvgIpc) is 4.41. The van der Waals surface area contributed by atoms with E-state index in [9.17, 15) is 30.3 Å². The highest BCUT2D eigenvalue weighted by molar-refractivity contribution is 5.70. The van der Waals surface area contributed by atoms with E-state index < -0.39 is 121 Å². The predicted molar refractivity (Wildman–Crippen MR) is 276 cm³/mol. The van der Waals surface area contributed by atoms with Crippen molar-refractivity contribution in [2.75, 3.05) is 6.61 Å². The van der Waals surface area contributed by atoms with Crippen molar-refractivity contribution in [3.8, 4) is 0 Å². The smallest absolute Gasteiger partial charge is 0.308 e. The van der Waals surface area contributed by atoms with Crippen molar-refractivity contribution < 1.29 is 101 Å². The van der Waals surface area contributed by atoms with Crippen molar-refractivity contribution in [2.45, 2.75) is 313 Å². The van der Waals surface area contributed by atoms with Crippen LogP contribution in [-0.4, -0.2) is 214 Å². The van der Waals surface area contributed by atoms with Crippen LogP contribution in [0.5, 0.6) is 0 Å². The second-order valence-electron chi connectivity index (χ2n) is 27.8. The van der Waals surface area contributed by atoms with Gasteiger partial charge < -0.3 is 96.6 Å². The lowest BCUT2D eigenvalue weighted by molar-refractivity contribution is -0.347. The van der Waals surface area contributed by atoms with Gasteiger partial charge in [0.2, 0.25) is 11.6 Å². The molecule has 452 valence electrons. The van der Waals surface area contributed by atoms with Gasteiger partial charge in [-0.05, 0) is 73.8 Å². The van der Waals surface area contributed by atoms with Gasteiger partial charge in [0.05, 0.1) is 123 Å². The van der Waals surface area contributed by atoms with E-state index in [1.807, 2.05) is 0 Å². The average molecular weight is 1140 g/mol. The maximum atomic E-state index is 14.6. The molecule has 5 N–H and O–H groups in total. The van der Waals surface area contributed by atoms with Gasteiger partial charge in [-0.2, -0.15) is 0 Å². The molecule has 12 bridgehead atoms. The zero-order valence-electron chi connectivity index (χ0n) is 47.2. The first-order chi connectivity index (χ1) is 38.8. The van der Waals surface area contributed by atoms with Crippen LogP contribution in [0.3, 0.4) is 0 Å². The molecule has 0 aromatic rings. The van der Waals surface area contributed by atoms with Gasteiger partial charge in [-0.3, -0.25) is 4.79 Å². The number of aliphatic hydroxyl groups is 5. The maximum Gasteiger partial charge on any atom is 0.308 e. The van der Waals surface area contributed by atoms with Gasteiger partial charge in [0, 0.05) is 63.7 Å². The van der Waals surface area contributed by atoms with Gasteiger partial charge in [-0.15, -0.1) is 0 Å². The first-order valence-corrected chi connectivity index (χ1v) is 31.0. The molecule has 21 nitrogen and oxygen atoms in total. The van der Waals surface area contributed by atoms with Crippen molar-refractivity contribution in [2.24, 2.45) is 23.7 Å². The number of ether oxygens (including phenoxy) is 15. The van der Waals surface area contributed by atoms with Gasteiger partial charge in [0.15, 0.2) is 17.7 Å². The molecule has 0 saturated carbocycles. The first-order valence-electron chi connectivity index (χ1n) is 31.0. The fraction of sp³-hybridized carbons (Fsp3) is 0.917. The Kier molecular flexibility index (Phi) is 14.0. The van der Waals surface area contributed by atoms with E-state index in [-0.39, 0.29) is 110 Å². The lowest BCUT2D eigenvalue weighted by Gasteiger charge is -2.50. The summed E-state index contributed by atoms with van der Waals surface area (Å²) in [5, 5.41) is 54.2. The zero-order valence-corrected chi connectivity index (χ0v) is 47.2. The minimum absolute atomic E-state index is 0.0207. The van der Waals surface area contributed by atoms with Crippen LogP contribution >= 0.6 is 0 Å². The van der Waals surface area contributed by atoms with E-state index in [1.165, 1.54) is 0 Å². The molecule has 16 saturated heterocycles. The first kappa shape index (κ1) is 55.7. The van der Waals surface area contributed by atoms with Crippen molar-refractivity contribution in [3.63, 3.8) is 0 Å². The minimum Gasteiger partial charge on any atom is -0.459 e. The molecule has 21 heteroatoms. The van der Waals surface area contributed by atoms with Crippen LogP contribution in [0.1, 0.15) is 137 Å². The minimum atomic E-state index is -2.03. The SMILES string of the molecule is C=C1C[C@@H]2CC[C@]34OC5[C@@H]6O[C@H]7CC[C@H](CC(=O)O[C@@H]8[C@@H](C)[C@@H]9O[C@@H]%10C[C@]%11(C[C@@H]%12O[C@]%13(C[C@H](C)[C@@H]%14O[C@H]([C@@H](O)C[C@@H](O)CO)C[C@@H]%14O%13)C[C@H](C)[C@@H]%12O%11)O[C@@H]%10C[C@@H]9O[C@H]8C[C@H]8O[C@@H](CC[C@@H]1O2)C[C@@H](C)C8=C)O[C@@H]7[C@H](O3)[C@@H]6OC5(O)[C@H]4O. The molecule has 0 amide bonds. The third-order valence-electron chi connectivity index (χ3n) is 22.2. The van der Waals surface area contributed by atoms with E-state index >= 15 is 0 Å². The molecular weight excluding hydrogens is 1060 g/mol. The quantitative estimate of drug-likeness (QED) is 0.200. The van der Waals surface area contributed by atoms with Gasteiger partial charge in [0.25, 0.3) is 0 Å². The van der Waals surface area contributed by atoms with Crippen LogP contribution in [0.2, 0.25) is 0 Å². The normalized spacial score (nSPS) is 57.9. The van der Waals surface area contributed by atoms with Crippen molar-refractivity contribution in [1.82, 2.24) is 0 Å². The number of carbonyl (C=O) groups excluding carboxylic acids is 1. The number of hydrogen-bond acceptors (Lipinski definition) is 21. The van der Waals surface area contributed by atoms with Crippen molar-refractivity contribution >= 4 is 5.97 Å². The van der Waals surface area contributed by atoms with Crippen LogP contribution in [0.25, 0.3) is 0 Å². The van der Waals surface area contributed by atoms with Crippen LogP contribution in [-0.2, 0) is 75.8 Å². The highest BCUT2D eigenvalue weighted by Crippen LogP contribution is 2.60.